The van der Waals surface area contributed by atoms with Gasteiger partial charge in [-0.1, -0.05) is 6.92 Å². The van der Waals surface area contributed by atoms with Crippen molar-refractivity contribution in [2.45, 2.75) is 39.7 Å². The second kappa shape index (κ2) is 3.70. The van der Waals surface area contributed by atoms with Gasteiger partial charge in [-0.05, 0) is 31.7 Å². The lowest BCUT2D eigenvalue weighted by Gasteiger charge is -2.25. The van der Waals surface area contributed by atoms with Gasteiger partial charge in [-0.3, -0.25) is 0 Å². The molecule has 0 radical (unpaired) electrons. The maximum absolute atomic E-state index is 13.1. The zero-order chi connectivity index (χ0) is 9.99. The third-order valence-corrected chi connectivity index (χ3v) is 3.19. The third kappa shape index (κ3) is 3.06. The fourth-order valence-corrected chi connectivity index (χ4v) is 2.27. The summed E-state index contributed by atoms with van der Waals surface area (Å²) < 4.78 is 35.3. The first-order valence-corrected chi connectivity index (χ1v) is 5.51. The highest BCUT2D eigenvalue weighted by Crippen LogP contribution is 2.18. The van der Waals surface area contributed by atoms with Crippen LogP contribution in [-0.4, -0.2) is 24.2 Å². The number of nitrogens with zero attached hydrogens (tertiary/aromatic N) is 1. The van der Waals surface area contributed by atoms with Crippen molar-refractivity contribution < 1.29 is 12.9 Å². The van der Waals surface area contributed by atoms with E-state index in [1.54, 1.807) is 6.92 Å². The molecule has 0 atom stereocenters. The lowest BCUT2D eigenvalue weighted by atomic mass is 10.1. The zero-order valence-electron chi connectivity index (χ0n) is 7.96. The molecule has 0 aliphatic heterocycles. The Bertz CT molecular complexity index is 230. The molecule has 0 heterocycles. The van der Waals surface area contributed by atoms with Crippen molar-refractivity contribution >= 4 is 10.0 Å². The van der Waals surface area contributed by atoms with Crippen molar-refractivity contribution in [1.29, 1.82) is 0 Å². The van der Waals surface area contributed by atoms with E-state index >= 15 is 0 Å². The van der Waals surface area contributed by atoms with Crippen LogP contribution in [0.3, 0.4) is 0 Å². The molecule has 0 unspecified atom stereocenters. The molecule has 0 saturated heterocycles. The van der Waals surface area contributed by atoms with Gasteiger partial charge in [-0.25, -0.2) is 8.42 Å². The minimum absolute atomic E-state index is 0.0660. The summed E-state index contributed by atoms with van der Waals surface area (Å²) in [5, 5.41) is 0. The molecule has 0 rings (SSSR count). The van der Waals surface area contributed by atoms with Crippen LogP contribution in [0.1, 0.15) is 34.1 Å². The molecule has 0 aromatic rings. The molecule has 0 amide bonds. The highest BCUT2D eigenvalue weighted by Gasteiger charge is 2.32. The van der Waals surface area contributed by atoms with Gasteiger partial charge in [0.1, 0.15) is 0 Å². The molecule has 3 nitrogen and oxygen atoms in total. The van der Waals surface area contributed by atoms with E-state index in [2.05, 4.69) is 0 Å². The minimum Gasteiger partial charge on any atom is -0.210 e. The smallest absolute Gasteiger partial charge is 0.210 e. The van der Waals surface area contributed by atoms with Crippen molar-refractivity contribution in [1.82, 2.24) is 4.53 Å². The largest absolute Gasteiger partial charge is 0.240 e. The van der Waals surface area contributed by atoms with E-state index < -0.39 is 15.6 Å². The van der Waals surface area contributed by atoms with Gasteiger partial charge >= 0.3 is 0 Å². The van der Waals surface area contributed by atoms with Gasteiger partial charge in [0.2, 0.25) is 10.0 Å². The number of hydrogen-bond donors (Lipinski definition) is 0. The number of halogens is 1. The van der Waals surface area contributed by atoms with Gasteiger partial charge in [0.05, 0.1) is 11.3 Å². The fourth-order valence-electron chi connectivity index (χ4n) is 0.755. The molecule has 0 N–H and O–H groups in total. The van der Waals surface area contributed by atoms with Crippen LogP contribution in [0.15, 0.2) is 0 Å². The van der Waals surface area contributed by atoms with Gasteiger partial charge < -0.3 is 0 Å². The quantitative estimate of drug-likeness (QED) is 0.646. The summed E-state index contributed by atoms with van der Waals surface area (Å²) in [5.74, 6) is -0.138. The van der Waals surface area contributed by atoms with E-state index in [-0.39, 0.29) is 10.3 Å². The van der Waals surface area contributed by atoms with Crippen LogP contribution in [0.4, 0.5) is 4.48 Å². The summed E-state index contributed by atoms with van der Waals surface area (Å²) in [4.78, 5) is 0. The molecule has 0 saturated carbocycles. The lowest BCUT2D eigenvalue weighted by Crippen LogP contribution is -2.40. The lowest BCUT2D eigenvalue weighted by molar-refractivity contribution is 0.0419. The maximum atomic E-state index is 13.1. The average molecular weight is 197 g/mol. The molecule has 0 aliphatic carbocycles. The first-order valence-electron chi connectivity index (χ1n) is 3.90. The molecule has 74 valence electrons. The monoisotopic (exact) mass is 197 g/mol. The Morgan fingerprint density at radius 1 is 1.33 bits per heavy atom. The van der Waals surface area contributed by atoms with Crippen molar-refractivity contribution in [3.05, 3.63) is 0 Å². The summed E-state index contributed by atoms with van der Waals surface area (Å²) in [5.41, 5.74) is -0.978. The predicted molar refractivity (Wildman–Crippen MR) is 46.8 cm³/mol. The van der Waals surface area contributed by atoms with Gasteiger partial charge in [-0.2, -0.15) is 0 Å². The van der Waals surface area contributed by atoms with E-state index in [1.807, 2.05) is 0 Å². The van der Waals surface area contributed by atoms with Crippen molar-refractivity contribution in [3.8, 4) is 0 Å². The van der Waals surface area contributed by atoms with Crippen LogP contribution < -0.4 is 0 Å². The van der Waals surface area contributed by atoms with Crippen LogP contribution in [0.25, 0.3) is 0 Å². The second-order valence-corrected chi connectivity index (χ2v) is 5.59. The van der Waals surface area contributed by atoms with E-state index in [0.29, 0.717) is 6.42 Å². The molecular weight excluding hydrogens is 181 g/mol. The molecule has 0 aromatic heterocycles. The third-order valence-electron chi connectivity index (χ3n) is 1.23. The Kier molecular flexibility index (Phi) is 3.65. The summed E-state index contributed by atoms with van der Waals surface area (Å²) in [7, 11) is -3.70. The van der Waals surface area contributed by atoms with Crippen LogP contribution in [-0.2, 0) is 10.0 Å². The second-order valence-electron chi connectivity index (χ2n) is 3.70. The van der Waals surface area contributed by atoms with Gasteiger partial charge in [-0.15, -0.1) is 4.48 Å². The predicted octanol–water partition coefficient (Wildman–Crippen LogP) is 1.71. The normalized spacial score (nSPS) is 13.8. The topological polar surface area (TPSA) is 37.4 Å². The Labute approximate surface area is 73.6 Å². The van der Waals surface area contributed by atoms with Crippen LogP contribution in [0, 0.1) is 0 Å². The minimum atomic E-state index is -3.70. The molecular formula is C7H16FNO2S. The fraction of sp³-hybridized carbons (Fsp3) is 1.00. The highest BCUT2D eigenvalue weighted by atomic mass is 32.2. The van der Waals surface area contributed by atoms with Crippen molar-refractivity contribution in [3.63, 3.8) is 0 Å². The van der Waals surface area contributed by atoms with E-state index in [0.717, 1.165) is 0 Å². The molecule has 0 aliphatic rings. The summed E-state index contributed by atoms with van der Waals surface area (Å²) in [6.07, 6.45) is 0.429. The summed E-state index contributed by atoms with van der Waals surface area (Å²) >= 11 is 0. The number of rotatable bonds is 3. The molecule has 0 aromatic carbocycles. The Hall–Kier alpha value is -0.160. The van der Waals surface area contributed by atoms with Crippen molar-refractivity contribution in [2.24, 2.45) is 0 Å². The Morgan fingerprint density at radius 3 is 2.00 bits per heavy atom. The van der Waals surface area contributed by atoms with Crippen molar-refractivity contribution in [2.75, 3.05) is 5.75 Å². The Balaban J connectivity index is 4.59. The van der Waals surface area contributed by atoms with Crippen LogP contribution in [0.5, 0.6) is 0 Å². The molecule has 5 heteroatoms. The molecule has 12 heavy (non-hydrogen) atoms. The standard InChI is InChI=1S/C7H16FNO2S/c1-5-6-12(10,11)9(8)7(2,3)4/h5-6H2,1-4H3. The van der Waals surface area contributed by atoms with E-state index in [1.165, 1.54) is 20.8 Å². The Morgan fingerprint density at radius 2 is 1.75 bits per heavy atom. The number of sulfonamides is 1. The zero-order valence-corrected chi connectivity index (χ0v) is 8.78. The first-order chi connectivity index (χ1) is 5.22. The highest BCUT2D eigenvalue weighted by molar-refractivity contribution is 7.88. The summed E-state index contributed by atoms with van der Waals surface area (Å²) in [6, 6.07) is 0. The molecule has 0 bridgehead atoms. The van der Waals surface area contributed by atoms with Gasteiger partial charge in [0.25, 0.3) is 0 Å². The van der Waals surface area contributed by atoms with Gasteiger partial charge in [0.15, 0.2) is 0 Å². The van der Waals surface area contributed by atoms with E-state index in [9.17, 15) is 12.9 Å². The summed E-state index contributed by atoms with van der Waals surface area (Å²) in [6.45, 7) is 6.24. The molecule has 0 fully saturated rings. The van der Waals surface area contributed by atoms with E-state index in [4.69, 9.17) is 0 Å². The number of hydrogen-bond acceptors (Lipinski definition) is 2. The SMILES string of the molecule is CCCS(=O)(=O)N(F)C(C)(C)C. The maximum Gasteiger partial charge on any atom is 0.240 e. The van der Waals surface area contributed by atoms with Crippen LogP contribution in [0.2, 0.25) is 0 Å². The van der Waals surface area contributed by atoms with Gasteiger partial charge in [0, 0.05) is 0 Å². The average Bonchev–Trinajstić information content (AvgIpc) is 1.84. The van der Waals surface area contributed by atoms with Crippen LogP contribution >= 0.6 is 0 Å². The molecule has 0 spiro atoms. The first kappa shape index (κ1) is 11.8.